The van der Waals surface area contributed by atoms with E-state index < -0.39 is 23.8 Å². The fourth-order valence-corrected chi connectivity index (χ4v) is 2.91. The van der Waals surface area contributed by atoms with E-state index in [0.717, 1.165) is 0 Å². The van der Waals surface area contributed by atoms with Crippen molar-refractivity contribution in [3.05, 3.63) is 33.8 Å². The van der Waals surface area contributed by atoms with Crippen LogP contribution in [0.4, 0.5) is 10.5 Å². The number of likely N-dealkylation sites (N-methyl/N-ethyl adjacent to an activating group) is 1. The van der Waals surface area contributed by atoms with Gasteiger partial charge in [-0.05, 0) is 25.1 Å². The highest BCUT2D eigenvalue weighted by atomic mass is 79.9. The van der Waals surface area contributed by atoms with Crippen LogP contribution in [0.1, 0.15) is 12.5 Å². The average molecular weight is 364 g/mol. The Hall–Kier alpha value is -2.48. The number of halogens is 1. The SMILES string of the molecule is CCN1C(=O)C(=C2C(=O)NC(=O)NC2=O)c2cc(Br)ccc21. The molecule has 1 saturated heterocycles. The van der Waals surface area contributed by atoms with Crippen molar-refractivity contribution in [3.8, 4) is 0 Å². The summed E-state index contributed by atoms with van der Waals surface area (Å²) < 4.78 is 0.711. The minimum absolute atomic E-state index is 0.000602. The second-order valence-corrected chi connectivity index (χ2v) is 5.61. The Morgan fingerprint density at radius 1 is 1.05 bits per heavy atom. The lowest BCUT2D eigenvalue weighted by atomic mass is 9.99. The third-order valence-corrected chi connectivity index (χ3v) is 3.95. The van der Waals surface area contributed by atoms with Gasteiger partial charge in [0.25, 0.3) is 17.7 Å². The molecule has 0 unspecified atom stereocenters. The number of anilines is 1. The Kier molecular flexibility index (Phi) is 3.32. The van der Waals surface area contributed by atoms with E-state index in [1.165, 1.54) is 4.90 Å². The summed E-state index contributed by atoms with van der Waals surface area (Å²) >= 11 is 3.31. The molecule has 5 amide bonds. The van der Waals surface area contributed by atoms with Crippen LogP contribution in [0.15, 0.2) is 28.2 Å². The smallest absolute Gasteiger partial charge is 0.308 e. The number of benzene rings is 1. The molecule has 0 bridgehead atoms. The molecule has 0 radical (unpaired) electrons. The summed E-state index contributed by atoms with van der Waals surface area (Å²) in [6.07, 6.45) is 0. The number of hydrogen-bond donors (Lipinski definition) is 2. The van der Waals surface area contributed by atoms with Crippen LogP contribution in [0.5, 0.6) is 0 Å². The molecule has 0 saturated carbocycles. The van der Waals surface area contributed by atoms with Crippen molar-refractivity contribution in [1.29, 1.82) is 0 Å². The van der Waals surface area contributed by atoms with Crippen molar-refractivity contribution in [2.75, 3.05) is 11.4 Å². The van der Waals surface area contributed by atoms with Crippen molar-refractivity contribution in [2.45, 2.75) is 6.92 Å². The van der Waals surface area contributed by atoms with Gasteiger partial charge < -0.3 is 4.90 Å². The minimum Gasteiger partial charge on any atom is -0.308 e. The summed E-state index contributed by atoms with van der Waals surface area (Å²) in [6, 6.07) is 4.28. The van der Waals surface area contributed by atoms with Crippen LogP contribution in [0.3, 0.4) is 0 Å². The van der Waals surface area contributed by atoms with Gasteiger partial charge in [-0.25, -0.2) is 4.79 Å². The van der Waals surface area contributed by atoms with Crippen molar-refractivity contribution < 1.29 is 19.2 Å². The second kappa shape index (κ2) is 5.06. The molecule has 2 N–H and O–H groups in total. The Labute approximate surface area is 133 Å². The summed E-state index contributed by atoms with van der Waals surface area (Å²) in [7, 11) is 0. The number of imide groups is 2. The van der Waals surface area contributed by atoms with E-state index in [2.05, 4.69) is 15.9 Å². The molecule has 2 heterocycles. The quantitative estimate of drug-likeness (QED) is 0.573. The van der Waals surface area contributed by atoms with Crippen LogP contribution in [0, 0.1) is 0 Å². The lowest BCUT2D eigenvalue weighted by molar-refractivity contribution is -0.124. The molecule has 0 spiro atoms. The first kappa shape index (κ1) is 14.5. The van der Waals surface area contributed by atoms with Crippen molar-refractivity contribution in [2.24, 2.45) is 0 Å². The molecule has 1 aromatic carbocycles. The largest absolute Gasteiger partial charge is 0.328 e. The molecule has 22 heavy (non-hydrogen) atoms. The van der Waals surface area contributed by atoms with Crippen molar-refractivity contribution >= 4 is 50.9 Å². The number of hydrogen-bond acceptors (Lipinski definition) is 4. The molecular weight excluding hydrogens is 354 g/mol. The van der Waals surface area contributed by atoms with Crippen molar-refractivity contribution in [3.63, 3.8) is 0 Å². The van der Waals surface area contributed by atoms with Crippen molar-refractivity contribution in [1.82, 2.24) is 10.6 Å². The number of nitrogens with one attached hydrogen (secondary N) is 2. The number of barbiturate groups is 1. The van der Waals surface area contributed by atoms with E-state index in [1.54, 1.807) is 25.1 Å². The zero-order valence-electron chi connectivity index (χ0n) is 11.4. The molecule has 3 rings (SSSR count). The van der Waals surface area contributed by atoms with Crippen LogP contribution in [-0.4, -0.2) is 30.3 Å². The molecule has 0 aromatic heterocycles. The van der Waals surface area contributed by atoms with Gasteiger partial charge in [-0.1, -0.05) is 15.9 Å². The number of carbonyl (C=O) groups is 4. The molecular formula is C14H10BrN3O4. The van der Waals surface area contributed by atoms with Crippen LogP contribution in [0.25, 0.3) is 5.57 Å². The molecule has 2 aliphatic rings. The average Bonchev–Trinajstić information content (AvgIpc) is 2.70. The number of amides is 5. The summed E-state index contributed by atoms with van der Waals surface area (Å²) in [5, 5.41) is 3.97. The minimum atomic E-state index is -0.897. The third-order valence-electron chi connectivity index (χ3n) is 3.45. The number of urea groups is 1. The van der Waals surface area contributed by atoms with Gasteiger partial charge in [0, 0.05) is 16.6 Å². The predicted octanol–water partition coefficient (Wildman–Crippen LogP) is 0.935. The fraction of sp³-hybridized carbons (Fsp3) is 0.143. The van der Waals surface area contributed by atoms with Crippen LogP contribution in [-0.2, 0) is 14.4 Å². The Morgan fingerprint density at radius 2 is 1.68 bits per heavy atom. The molecule has 7 nitrogen and oxygen atoms in total. The van der Waals surface area contributed by atoms with E-state index in [4.69, 9.17) is 0 Å². The summed E-state index contributed by atoms with van der Waals surface area (Å²) in [6.45, 7) is 2.19. The summed E-state index contributed by atoms with van der Waals surface area (Å²) in [5.41, 5.74) is 0.757. The molecule has 112 valence electrons. The van der Waals surface area contributed by atoms with Gasteiger partial charge >= 0.3 is 6.03 Å². The summed E-state index contributed by atoms with van der Waals surface area (Å²) in [5.74, 6) is -2.19. The highest BCUT2D eigenvalue weighted by Gasteiger charge is 2.40. The maximum atomic E-state index is 12.6. The van der Waals surface area contributed by atoms with Gasteiger partial charge in [0.15, 0.2) is 0 Å². The molecule has 8 heteroatoms. The Bertz CT molecular complexity index is 762. The van der Waals surface area contributed by atoms with Crippen LogP contribution < -0.4 is 15.5 Å². The molecule has 1 aromatic rings. The van der Waals surface area contributed by atoms with E-state index in [1.807, 2.05) is 10.6 Å². The monoisotopic (exact) mass is 363 g/mol. The van der Waals surface area contributed by atoms with Gasteiger partial charge in [0.1, 0.15) is 5.57 Å². The molecule has 0 atom stereocenters. The second-order valence-electron chi connectivity index (χ2n) is 4.70. The zero-order chi connectivity index (χ0) is 16.0. The normalized spacial score (nSPS) is 17.6. The molecule has 2 aliphatic heterocycles. The van der Waals surface area contributed by atoms with Gasteiger partial charge in [-0.2, -0.15) is 0 Å². The third kappa shape index (κ3) is 2.03. The predicted molar refractivity (Wildman–Crippen MR) is 80.8 cm³/mol. The first-order chi connectivity index (χ1) is 10.4. The Balaban J connectivity index is 2.27. The maximum Gasteiger partial charge on any atom is 0.328 e. The lowest BCUT2D eigenvalue weighted by Gasteiger charge is -2.16. The van der Waals surface area contributed by atoms with Crippen LogP contribution in [0.2, 0.25) is 0 Å². The zero-order valence-corrected chi connectivity index (χ0v) is 13.0. The highest BCUT2D eigenvalue weighted by molar-refractivity contribution is 9.10. The summed E-state index contributed by atoms with van der Waals surface area (Å²) in [4.78, 5) is 49.2. The first-order valence-electron chi connectivity index (χ1n) is 6.46. The highest BCUT2D eigenvalue weighted by Crippen LogP contribution is 2.40. The maximum absolute atomic E-state index is 12.6. The molecule has 0 aliphatic carbocycles. The van der Waals surface area contributed by atoms with Crippen LogP contribution >= 0.6 is 15.9 Å². The standard InChI is InChI=1S/C14H10BrN3O4/c1-2-18-8-4-3-6(15)5-7(8)9(13(18)21)10-11(19)16-14(22)17-12(10)20/h3-5H,2H2,1H3,(H2,16,17,19,20,22). The number of carbonyl (C=O) groups excluding carboxylic acids is 4. The van der Waals surface area contributed by atoms with Gasteiger partial charge in [0.05, 0.1) is 11.3 Å². The number of nitrogens with zero attached hydrogens (tertiary/aromatic N) is 1. The van der Waals surface area contributed by atoms with Gasteiger partial charge in [-0.15, -0.1) is 0 Å². The van der Waals surface area contributed by atoms with E-state index in [9.17, 15) is 19.2 Å². The molecule has 1 fully saturated rings. The first-order valence-corrected chi connectivity index (χ1v) is 7.26. The van der Waals surface area contributed by atoms with E-state index >= 15 is 0 Å². The number of fused-ring (bicyclic) bond motifs is 1. The van der Waals surface area contributed by atoms with E-state index in [-0.39, 0.29) is 11.1 Å². The number of rotatable bonds is 1. The Morgan fingerprint density at radius 3 is 2.27 bits per heavy atom. The lowest BCUT2D eigenvalue weighted by Crippen LogP contribution is -2.52. The van der Waals surface area contributed by atoms with E-state index in [0.29, 0.717) is 22.3 Å². The topological polar surface area (TPSA) is 95.6 Å². The van der Waals surface area contributed by atoms with Gasteiger partial charge in [-0.3, -0.25) is 25.0 Å². The van der Waals surface area contributed by atoms with Gasteiger partial charge in [0.2, 0.25) is 0 Å². The fourth-order valence-electron chi connectivity index (χ4n) is 2.55.